The van der Waals surface area contributed by atoms with E-state index in [9.17, 15) is 4.21 Å². The summed E-state index contributed by atoms with van der Waals surface area (Å²) in [5, 5.41) is 0. The van der Waals surface area contributed by atoms with Crippen LogP contribution in [0.4, 0.5) is 0 Å². The first-order valence-corrected chi connectivity index (χ1v) is 10.8. The second-order valence-corrected chi connectivity index (χ2v) is 13.4. The molecule has 0 aromatic carbocycles. The maximum atomic E-state index is 12.1. The largest absolute Gasteiger partial charge is 0.260 e. The summed E-state index contributed by atoms with van der Waals surface area (Å²) in [7, 11) is -1.68. The van der Waals surface area contributed by atoms with Crippen LogP contribution in [0.5, 0.6) is 0 Å². The lowest BCUT2D eigenvalue weighted by atomic mass is 9.82. The van der Waals surface area contributed by atoms with Gasteiger partial charge in [0, 0.05) is 21.4 Å². The van der Waals surface area contributed by atoms with Gasteiger partial charge in [-0.05, 0) is 24.7 Å². The highest BCUT2D eigenvalue weighted by Gasteiger charge is 2.48. The van der Waals surface area contributed by atoms with Crippen LogP contribution in [0.3, 0.4) is 0 Å². The third-order valence-corrected chi connectivity index (χ3v) is 10.6. The summed E-state index contributed by atoms with van der Waals surface area (Å²) >= 11 is 0. The van der Waals surface area contributed by atoms with Gasteiger partial charge in [0.25, 0.3) is 0 Å². The highest BCUT2D eigenvalue weighted by atomic mass is 32.2. The second kappa shape index (κ2) is 3.74. The topological polar surface area (TPSA) is 17.1 Å². The summed E-state index contributed by atoms with van der Waals surface area (Å²) < 4.78 is 12.1. The zero-order valence-corrected chi connectivity index (χ0v) is 11.4. The molecule has 1 unspecified atom stereocenters. The summed E-state index contributed by atoms with van der Waals surface area (Å²) in [6.07, 6.45) is 5.50. The molecule has 1 saturated carbocycles. The van der Waals surface area contributed by atoms with Gasteiger partial charge in [-0.15, -0.1) is 0 Å². The molecule has 14 heavy (non-hydrogen) atoms. The lowest BCUT2D eigenvalue weighted by Gasteiger charge is -2.34. The van der Waals surface area contributed by atoms with Crippen molar-refractivity contribution < 1.29 is 4.21 Å². The Labute approximate surface area is 91.1 Å². The molecule has 1 saturated heterocycles. The zero-order chi connectivity index (χ0) is 10.3. The first-order valence-electron chi connectivity index (χ1n) is 5.87. The van der Waals surface area contributed by atoms with E-state index in [1.54, 1.807) is 0 Å². The van der Waals surface area contributed by atoms with Crippen LogP contribution in [0.1, 0.15) is 25.7 Å². The van der Waals surface area contributed by atoms with Gasteiger partial charge in [0.15, 0.2) is 0 Å². The average molecular weight is 230 g/mol. The van der Waals surface area contributed by atoms with Crippen molar-refractivity contribution in [3.63, 3.8) is 0 Å². The van der Waals surface area contributed by atoms with E-state index in [1.165, 1.54) is 25.7 Å². The fourth-order valence-electron chi connectivity index (χ4n) is 3.39. The number of rotatable bonds is 1. The van der Waals surface area contributed by atoms with E-state index in [1.807, 2.05) is 0 Å². The van der Waals surface area contributed by atoms with Gasteiger partial charge in [0.05, 0.1) is 8.07 Å². The highest BCUT2D eigenvalue weighted by molar-refractivity contribution is 7.88. The Kier molecular flexibility index (Phi) is 2.91. The first-order chi connectivity index (χ1) is 6.50. The molecule has 1 nitrogen and oxygen atoms in total. The van der Waals surface area contributed by atoms with Gasteiger partial charge in [-0.3, -0.25) is 4.21 Å². The molecule has 0 aromatic rings. The number of fused-ring (bicyclic) bond motifs is 1. The van der Waals surface area contributed by atoms with Crippen molar-refractivity contribution in [3.8, 4) is 0 Å². The molecule has 3 heteroatoms. The molecule has 2 rings (SSSR count). The second-order valence-electron chi connectivity index (χ2n) is 6.04. The quantitative estimate of drug-likeness (QED) is 0.633. The van der Waals surface area contributed by atoms with Crippen molar-refractivity contribution in [2.24, 2.45) is 11.8 Å². The Morgan fingerprint density at radius 1 is 1.14 bits per heavy atom. The summed E-state index contributed by atoms with van der Waals surface area (Å²) in [5.41, 5.74) is 0. The van der Waals surface area contributed by atoms with Crippen LogP contribution in [0.25, 0.3) is 0 Å². The Bertz CT molecular complexity index is 246. The molecule has 1 aliphatic carbocycles. The Hall–Kier alpha value is 0.367. The third-order valence-electron chi connectivity index (χ3n) is 3.87. The Morgan fingerprint density at radius 2 is 1.79 bits per heavy atom. The van der Waals surface area contributed by atoms with Gasteiger partial charge in [-0.2, -0.15) is 0 Å². The van der Waals surface area contributed by atoms with Crippen LogP contribution in [-0.2, 0) is 10.8 Å². The van der Waals surface area contributed by atoms with Gasteiger partial charge in [-0.1, -0.05) is 32.5 Å². The molecular formula is C11H22OSSi. The van der Waals surface area contributed by atoms with E-state index in [4.69, 9.17) is 0 Å². The van der Waals surface area contributed by atoms with Crippen LogP contribution in [0.2, 0.25) is 19.6 Å². The van der Waals surface area contributed by atoms with Crippen molar-refractivity contribution in [1.29, 1.82) is 0 Å². The molecule has 0 N–H and O–H groups in total. The molecule has 0 aromatic heterocycles. The van der Waals surface area contributed by atoms with Crippen LogP contribution < -0.4 is 0 Å². The molecule has 1 aliphatic heterocycles. The number of hydrogen-bond donors (Lipinski definition) is 0. The van der Waals surface area contributed by atoms with E-state index in [0.717, 1.165) is 17.6 Å². The van der Waals surface area contributed by atoms with Gasteiger partial charge in [0.1, 0.15) is 0 Å². The Morgan fingerprint density at radius 3 is 2.43 bits per heavy atom. The van der Waals surface area contributed by atoms with Crippen molar-refractivity contribution >= 4 is 18.9 Å². The molecule has 0 amide bonds. The minimum atomic E-state index is -1.20. The van der Waals surface area contributed by atoms with Crippen molar-refractivity contribution in [2.45, 2.75) is 50.2 Å². The normalized spacial score (nSPS) is 43.6. The van der Waals surface area contributed by atoms with Crippen LogP contribution in [0, 0.1) is 11.8 Å². The predicted octanol–water partition coefficient (Wildman–Crippen LogP) is 2.80. The lowest BCUT2D eigenvalue weighted by Crippen LogP contribution is -2.44. The van der Waals surface area contributed by atoms with E-state index in [2.05, 4.69) is 19.6 Å². The molecule has 0 spiro atoms. The zero-order valence-electron chi connectivity index (χ0n) is 9.58. The van der Waals surface area contributed by atoms with Gasteiger partial charge < -0.3 is 0 Å². The molecule has 1 heterocycles. The minimum Gasteiger partial charge on any atom is -0.260 e. The summed E-state index contributed by atoms with van der Waals surface area (Å²) in [6, 6.07) is 0. The molecule has 4 atom stereocenters. The van der Waals surface area contributed by atoms with Crippen molar-refractivity contribution in [1.82, 2.24) is 0 Å². The summed E-state index contributed by atoms with van der Waals surface area (Å²) in [6.45, 7) is 7.19. The molecule has 2 aliphatic rings. The fraction of sp³-hybridized carbons (Fsp3) is 1.00. The van der Waals surface area contributed by atoms with Crippen LogP contribution >= 0.6 is 0 Å². The monoisotopic (exact) mass is 230 g/mol. The molecular weight excluding hydrogens is 208 g/mol. The average Bonchev–Trinajstić information content (AvgIpc) is 2.38. The smallest absolute Gasteiger partial charge is 0.0624 e. The van der Waals surface area contributed by atoms with E-state index in [0.29, 0.717) is 4.87 Å². The Balaban J connectivity index is 2.20. The van der Waals surface area contributed by atoms with Gasteiger partial charge >= 0.3 is 0 Å². The van der Waals surface area contributed by atoms with Crippen LogP contribution in [0.15, 0.2) is 0 Å². The highest BCUT2D eigenvalue weighted by Crippen LogP contribution is 2.43. The van der Waals surface area contributed by atoms with E-state index >= 15 is 0 Å². The van der Waals surface area contributed by atoms with E-state index < -0.39 is 18.9 Å². The summed E-state index contributed by atoms with van der Waals surface area (Å²) in [5.74, 6) is 2.68. The first kappa shape index (κ1) is 10.9. The van der Waals surface area contributed by atoms with Crippen LogP contribution in [-0.4, -0.2) is 22.9 Å². The lowest BCUT2D eigenvalue weighted by molar-refractivity contribution is 0.288. The van der Waals surface area contributed by atoms with Crippen molar-refractivity contribution in [2.75, 3.05) is 5.75 Å². The van der Waals surface area contributed by atoms with Crippen molar-refractivity contribution in [3.05, 3.63) is 0 Å². The third kappa shape index (κ3) is 1.85. The van der Waals surface area contributed by atoms with Gasteiger partial charge in [-0.25, -0.2) is 0 Å². The fourth-order valence-corrected chi connectivity index (χ4v) is 10.3. The maximum absolute atomic E-state index is 12.1. The molecule has 0 bridgehead atoms. The molecule has 2 fully saturated rings. The maximum Gasteiger partial charge on any atom is 0.0624 e. The van der Waals surface area contributed by atoms with E-state index in [-0.39, 0.29) is 0 Å². The number of hydrogen-bond acceptors (Lipinski definition) is 1. The SMILES string of the molecule is C[Si](C)(C)[C@H]1[C@H]2CCCC[C@@H]2CS1=O. The van der Waals surface area contributed by atoms with Gasteiger partial charge in [0.2, 0.25) is 0 Å². The molecule has 0 radical (unpaired) electrons. The standard InChI is InChI=1S/C11H22OSSi/c1-14(2,3)11-10-7-5-4-6-9(10)8-13(11)12/h9-11H,4-8H2,1-3H3/t9-,10+,11+,13?/m1/s1. The predicted molar refractivity (Wildman–Crippen MR) is 65.6 cm³/mol. The molecule has 82 valence electrons. The summed E-state index contributed by atoms with van der Waals surface area (Å²) in [4.78, 5) is 0.604. The minimum absolute atomic E-state index is 0.488.